The molecular weight excluding hydrogens is 326 g/mol. The standard InChI is InChI=1S/C14H12BrNO4/c1-14(2)19-10-4-3-8(7-11(10)20-14)16-13(17)9-5-6-18-12(9)15/h3-7H,1-2H3,(H,16,17). The number of ether oxygens (including phenoxy) is 2. The summed E-state index contributed by atoms with van der Waals surface area (Å²) in [6, 6.07) is 6.85. The van der Waals surface area contributed by atoms with Crippen LogP contribution in [0.4, 0.5) is 5.69 Å². The van der Waals surface area contributed by atoms with Gasteiger partial charge in [-0.15, -0.1) is 0 Å². The second-order valence-corrected chi connectivity index (χ2v) is 5.55. The Labute approximate surface area is 124 Å². The normalized spacial score (nSPS) is 15.2. The summed E-state index contributed by atoms with van der Waals surface area (Å²) in [4.78, 5) is 12.1. The van der Waals surface area contributed by atoms with Gasteiger partial charge in [0, 0.05) is 25.6 Å². The fraction of sp³-hybridized carbons (Fsp3) is 0.214. The van der Waals surface area contributed by atoms with Gasteiger partial charge in [-0.2, -0.15) is 0 Å². The van der Waals surface area contributed by atoms with Crippen LogP contribution in [0.25, 0.3) is 0 Å². The summed E-state index contributed by atoms with van der Waals surface area (Å²) < 4.78 is 16.7. The molecule has 5 nitrogen and oxygen atoms in total. The lowest BCUT2D eigenvalue weighted by atomic mass is 10.2. The highest BCUT2D eigenvalue weighted by molar-refractivity contribution is 9.10. The van der Waals surface area contributed by atoms with E-state index >= 15 is 0 Å². The van der Waals surface area contributed by atoms with Gasteiger partial charge in [-0.3, -0.25) is 4.79 Å². The zero-order valence-corrected chi connectivity index (χ0v) is 12.5. The van der Waals surface area contributed by atoms with Gasteiger partial charge < -0.3 is 19.2 Å². The fourth-order valence-electron chi connectivity index (χ4n) is 1.95. The SMILES string of the molecule is CC1(C)Oc2ccc(NC(=O)c3ccoc3Br)cc2O1. The Balaban J connectivity index is 1.80. The summed E-state index contributed by atoms with van der Waals surface area (Å²) in [6.07, 6.45) is 1.45. The highest BCUT2D eigenvalue weighted by Gasteiger charge is 2.31. The van der Waals surface area contributed by atoms with Crippen molar-refractivity contribution in [2.45, 2.75) is 19.6 Å². The Morgan fingerprint density at radius 2 is 1.95 bits per heavy atom. The molecule has 1 aromatic heterocycles. The number of furan rings is 1. The first-order valence-corrected chi connectivity index (χ1v) is 6.80. The molecule has 0 atom stereocenters. The van der Waals surface area contributed by atoms with E-state index in [2.05, 4.69) is 21.2 Å². The molecule has 1 aliphatic heterocycles. The van der Waals surface area contributed by atoms with Crippen LogP contribution in [0.2, 0.25) is 0 Å². The molecule has 3 rings (SSSR count). The number of hydrogen-bond acceptors (Lipinski definition) is 4. The first-order chi connectivity index (χ1) is 9.44. The maximum atomic E-state index is 12.1. The molecule has 0 radical (unpaired) electrons. The van der Waals surface area contributed by atoms with Gasteiger partial charge in [-0.05, 0) is 34.1 Å². The molecule has 0 aliphatic carbocycles. The maximum absolute atomic E-state index is 12.1. The monoisotopic (exact) mass is 337 g/mol. The van der Waals surface area contributed by atoms with Gasteiger partial charge in [0.25, 0.3) is 5.91 Å². The first-order valence-electron chi connectivity index (χ1n) is 6.01. The predicted octanol–water partition coefficient (Wildman–Crippen LogP) is 3.80. The van der Waals surface area contributed by atoms with Crippen LogP contribution in [-0.4, -0.2) is 11.7 Å². The van der Waals surface area contributed by atoms with Gasteiger partial charge in [0.15, 0.2) is 16.2 Å². The van der Waals surface area contributed by atoms with Crippen molar-refractivity contribution < 1.29 is 18.7 Å². The van der Waals surface area contributed by atoms with E-state index in [0.29, 0.717) is 27.4 Å². The first kappa shape index (κ1) is 13.1. The number of anilines is 1. The average Bonchev–Trinajstić information content (AvgIpc) is 2.90. The molecule has 2 aromatic rings. The molecule has 20 heavy (non-hydrogen) atoms. The summed E-state index contributed by atoms with van der Waals surface area (Å²) >= 11 is 3.17. The van der Waals surface area contributed by atoms with Crippen molar-refractivity contribution in [3.8, 4) is 11.5 Å². The molecule has 0 saturated heterocycles. The molecule has 0 spiro atoms. The van der Waals surface area contributed by atoms with Crippen LogP contribution in [0.3, 0.4) is 0 Å². The molecule has 6 heteroatoms. The summed E-state index contributed by atoms with van der Waals surface area (Å²) in [5, 5.41) is 2.78. The number of amides is 1. The minimum Gasteiger partial charge on any atom is -0.457 e. The van der Waals surface area contributed by atoms with Crippen molar-refractivity contribution in [2.75, 3.05) is 5.32 Å². The second-order valence-electron chi connectivity index (χ2n) is 4.83. The van der Waals surface area contributed by atoms with E-state index in [-0.39, 0.29) is 5.91 Å². The largest absolute Gasteiger partial charge is 0.457 e. The maximum Gasteiger partial charge on any atom is 0.260 e. The number of halogens is 1. The molecule has 104 valence electrons. The van der Waals surface area contributed by atoms with Gasteiger partial charge in [0.1, 0.15) is 0 Å². The van der Waals surface area contributed by atoms with E-state index < -0.39 is 5.79 Å². The number of carbonyl (C=O) groups excluding carboxylic acids is 1. The molecule has 2 heterocycles. The summed E-state index contributed by atoms with van der Waals surface area (Å²) in [6.45, 7) is 3.65. The predicted molar refractivity (Wildman–Crippen MR) is 76.1 cm³/mol. The quantitative estimate of drug-likeness (QED) is 0.905. The van der Waals surface area contributed by atoms with Gasteiger partial charge in [0.2, 0.25) is 5.79 Å². The number of nitrogens with one attached hydrogen (secondary N) is 1. The molecule has 1 aliphatic rings. The Kier molecular flexibility index (Phi) is 2.97. The number of benzene rings is 1. The molecule has 1 amide bonds. The number of rotatable bonds is 2. The van der Waals surface area contributed by atoms with Crippen molar-refractivity contribution >= 4 is 27.5 Å². The summed E-state index contributed by atoms with van der Waals surface area (Å²) in [5.41, 5.74) is 1.06. The van der Waals surface area contributed by atoms with E-state index in [1.54, 1.807) is 24.3 Å². The van der Waals surface area contributed by atoms with Crippen molar-refractivity contribution in [2.24, 2.45) is 0 Å². The van der Waals surface area contributed by atoms with E-state index in [1.807, 2.05) is 13.8 Å². The average molecular weight is 338 g/mol. The Hall–Kier alpha value is -1.95. The molecule has 0 saturated carbocycles. The van der Waals surface area contributed by atoms with E-state index in [4.69, 9.17) is 13.9 Å². The smallest absolute Gasteiger partial charge is 0.260 e. The van der Waals surface area contributed by atoms with Crippen LogP contribution < -0.4 is 14.8 Å². The second kappa shape index (κ2) is 4.56. The lowest BCUT2D eigenvalue weighted by Gasteiger charge is -2.16. The number of hydrogen-bond donors (Lipinski definition) is 1. The zero-order valence-electron chi connectivity index (χ0n) is 10.9. The number of carbonyl (C=O) groups is 1. The van der Waals surface area contributed by atoms with Crippen molar-refractivity contribution in [1.82, 2.24) is 0 Å². The Morgan fingerprint density at radius 1 is 1.20 bits per heavy atom. The summed E-state index contributed by atoms with van der Waals surface area (Å²) in [7, 11) is 0. The fourth-order valence-corrected chi connectivity index (χ4v) is 2.37. The minimum atomic E-state index is -0.682. The van der Waals surface area contributed by atoms with Crippen LogP contribution in [0.5, 0.6) is 11.5 Å². The topological polar surface area (TPSA) is 60.7 Å². The van der Waals surface area contributed by atoms with Crippen LogP contribution in [0.1, 0.15) is 24.2 Å². The minimum absolute atomic E-state index is 0.260. The Morgan fingerprint density at radius 3 is 2.65 bits per heavy atom. The van der Waals surface area contributed by atoms with E-state index in [9.17, 15) is 4.79 Å². The van der Waals surface area contributed by atoms with Crippen LogP contribution >= 0.6 is 15.9 Å². The van der Waals surface area contributed by atoms with Crippen molar-refractivity contribution in [3.63, 3.8) is 0 Å². The lowest BCUT2D eigenvalue weighted by Crippen LogP contribution is -2.29. The van der Waals surface area contributed by atoms with Crippen LogP contribution in [0.15, 0.2) is 39.6 Å². The number of fused-ring (bicyclic) bond motifs is 1. The third-order valence-corrected chi connectivity index (χ3v) is 3.39. The molecular formula is C14H12BrNO4. The summed E-state index contributed by atoms with van der Waals surface area (Å²) in [5.74, 6) is 0.332. The third-order valence-electron chi connectivity index (χ3n) is 2.78. The van der Waals surface area contributed by atoms with Gasteiger partial charge in [-0.25, -0.2) is 0 Å². The molecule has 0 unspecified atom stereocenters. The zero-order chi connectivity index (χ0) is 14.3. The third kappa shape index (κ3) is 2.38. The van der Waals surface area contributed by atoms with Gasteiger partial charge in [0.05, 0.1) is 11.8 Å². The van der Waals surface area contributed by atoms with Crippen molar-refractivity contribution in [3.05, 3.63) is 40.8 Å². The molecule has 0 bridgehead atoms. The van der Waals surface area contributed by atoms with Crippen LogP contribution in [-0.2, 0) is 0 Å². The Bertz CT molecular complexity index is 678. The van der Waals surface area contributed by atoms with E-state index in [1.165, 1.54) is 6.26 Å². The van der Waals surface area contributed by atoms with E-state index in [0.717, 1.165) is 0 Å². The lowest BCUT2D eigenvalue weighted by molar-refractivity contribution is -0.0431. The van der Waals surface area contributed by atoms with Crippen molar-refractivity contribution in [1.29, 1.82) is 0 Å². The van der Waals surface area contributed by atoms with Crippen LogP contribution in [0, 0.1) is 0 Å². The van der Waals surface area contributed by atoms with Gasteiger partial charge in [-0.1, -0.05) is 0 Å². The molecule has 0 fully saturated rings. The van der Waals surface area contributed by atoms with Gasteiger partial charge >= 0.3 is 0 Å². The highest BCUT2D eigenvalue weighted by atomic mass is 79.9. The molecule has 1 aromatic carbocycles. The molecule has 1 N–H and O–H groups in total. The highest BCUT2D eigenvalue weighted by Crippen LogP contribution is 2.40.